The maximum Gasteiger partial charge on any atom is 0.408 e. The van der Waals surface area contributed by atoms with Crippen molar-refractivity contribution in [3.63, 3.8) is 0 Å². The lowest BCUT2D eigenvalue weighted by Crippen LogP contribution is -2.52. The maximum atomic E-state index is 11.7. The molecule has 1 aliphatic rings. The highest BCUT2D eigenvalue weighted by Gasteiger charge is 2.37. The number of carboxylic acid groups (broad SMARTS) is 1. The third kappa shape index (κ3) is 3.96. The van der Waals surface area contributed by atoms with Crippen molar-refractivity contribution in [2.24, 2.45) is 0 Å². The minimum Gasteiger partial charge on any atom is -0.465 e. The van der Waals surface area contributed by atoms with Gasteiger partial charge in [0.2, 0.25) is 0 Å². The van der Waals surface area contributed by atoms with Gasteiger partial charge in [0.25, 0.3) is 0 Å². The number of carbonyl (C=O) groups is 1. The molecule has 1 amide bonds. The van der Waals surface area contributed by atoms with E-state index < -0.39 is 21.5 Å². The molecular weight excluding hydrogens is 316 g/mol. The van der Waals surface area contributed by atoms with Gasteiger partial charge in [0.15, 0.2) is 9.84 Å². The molecule has 6 nitrogen and oxygen atoms in total. The molecular formula is C16H24N2O4S. The second kappa shape index (κ2) is 6.03. The number of hydrogen-bond donors (Lipinski definition) is 1. The maximum absolute atomic E-state index is 11.7. The summed E-state index contributed by atoms with van der Waals surface area (Å²) in [6, 6.07) is 6.71. The lowest BCUT2D eigenvalue weighted by Gasteiger charge is -2.38. The van der Waals surface area contributed by atoms with E-state index in [4.69, 9.17) is 0 Å². The average Bonchev–Trinajstić information content (AvgIpc) is 2.85. The van der Waals surface area contributed by atoms with Crippen LogP contribution in [0.5, 0.6) is 0 Å². The van der Waals surface area contributed by atoms with Crippen molar-refractivity contribution in [1.29, 1.82) is 0 Å². The molecule has 1 aliphatic heterocycles. The second-order valence-electron chi connectivity index (χ2n) is 6.98. The van der Waals surface area contributed by atoms with Crippen LogP contribution in [0.25, 0.3) is 0 Å². The monoisotopic (exact) mass is 340 g/mol. The van der Waals surface area contributed by atoms with Crippen molar-refractivity contribution >= 4 is 21.6 Å². The average molecular weight is 340 g/mol. The number of nitrogens with zero attached hydrogens (tertiary/aromatic N) is 2. The zero-order chi connectivity index (χ0) is 17.4. The normalized spacial score (nSPS) is 19.0. The Kier molecular flexibility index (Phi) is 4.61. The molecule has 1 aromatic carbocycles. The summed E-state index contributed by atoms with van der Waals surface area (Å²) in [5.41, 5.74) is 0.343. The minimum atomic E-state index is -3.25. The molecule has 7 heteroatoms. The van der Waals surface area contributed by atoms with Gasteiger partial charge in [-0.2, -0.15) is 0 Å². The number of anilines is 1. The number of rotatable bonds is 3. The highest BCUT2D eigenvalue weighted by molar-refractivity contribution is 7.90. The van der Waals surface area contributed by atoms with Crippen molar-refractivity contribution in [3.05, 3.63) is 24.3 Å². The van der Waals surface area contributed by atoms with Crippen LogP contribution in [-0.4, -0.2) is 55.4 Å². The summed E-state index contributed by atoms with van der Waals surface area (Å²) in [6.07, 6.45) is 0.992. The Hall–Kier alpha value is -1.76. The zero-order valence-corrected chi connectivity index (χ0v) is 14.8. The van der Waals surface area contributed by atoms with Gasteiger partial charge in [0, 0.05) is 30.6 Å². The molecule has 0 aromatic heterocycles. The first kappa shape index (κ1) is 17.6. The molecule has 0 aliphatic carbocycles. The van der Waals surface area contributed by atoms with Crippen LogP contribution in [0.4, 0.5) is 10.5 Å². The lowest BCUT2D eigenvalue weighted by atomic mass is 10.0. The van der Waals surface area contributed by atoms with Gasteiger partial charge in [-0.1, -0.05) is 6.07 Å². The Morgan fingerprint density at radius 1 is 1.35 bits per heavy atom. The summed E-state index contributed by atoms with van der Waals surface area (Å²) in [7, 11) is -3.25. The molecule has 128 valence electrons. The van der Waals surface area contributed by atoms with E-state index in [1.807, 2.05) is 31.7 Å². The third-order valence-corrected chi connectivity index (χ3v) is 5.18. The van der Waals surface area contributed by atoms with Crippen LogP contribution in [0.2, 0.25) is 0 Å². The SMILES string of the molecule is CC(C)(C)N(C(=O)O)[C@@H]1CCN(c2cccc(S(C)(=O)=O)c2)C1. The molecule has 0 saturated carbocycles. The molecule has 1 N–H and O–H groups in total. The van der Waals surface area contributed by atoms with Crippen molar-refractivity contribution in [2.45, 2.75) is 43.7 Å². The van der Waals surface area contributed by atoms with Crippen LogP contribution in [0.15, 0.2) is 29.2 Å². The summed E-state index contributed by atoms with van der Waals surface area (Å²) in [4.78, 5) is 15.4. The third-order valence-electron chi connectivity index (χ3n) is 4.07. The van der Waals surface area contributed by atoms with Crippen LogP contribution in [0.1, 0.15) is 27.2 Å². The molecule has 0 radical (unpaired) electrons. The van der Waals surface area contributed by atoms with Crippen molar-refractivity contribution in [2.75, 3.05) is 24.2 Å². The van der Waals surface area contributed by atoms with Crippen molar-refractivity contribution in [3.8, 4) is 0 Å². The van der Waals surface area contributed by atoms with E-state index in [-0.39, 0.29) is 10.9 Å². The molecule has 1 atom stereocenters. The standard InChI is InChI=1S/C16H24N2O4S/c1-16(2,3)18(15(19)20)13-8-9-17(11-13)12-6-5-7-14(10-12)23(4,21)22/h5-7,10,13H,8-9,11H2,1-4H3,(H,19,20)/t13-/m1/s1. The lowest BCUT2D eigenvalue weighted by molar-refractivity contribution is 0.0763. The van der Waals surface area contributed by atoms with E-state index in [0.29, 0.717) is 13.1 Å². The van der Waals surface area contributed by atoms with Gasteiger partial charge in [-0.05, 0) is 45.4 Å². The largest absolute Gasteiger partial charge is 0.465 e. The van der Waals surface area contributed by atoms with Crippen LogP contribution >= 0.6 is 0 Å². The van der Waals surface area contributed by atoms with Gasteiger partial charge in [0.05, 0.1) is 10.9 Å². The summed E-state index contributed by atoms with van der Waals surface area (Å²) >= 11 is 0. The molecule has 0 bridgehead atoms. The number of amides is 1. The first-order valence-electron chi connectivity index (χ1n) is 7.57. The van der Waals surface area contributed by atoms with Crippen LogP contribution in [-0.2, 0) is 9.84 Å². The summed E-state index contributed by atoms with van der Waals surface area (Å²) in [6.45, 7) is 6.92. The van der Waals surface area contributed by atoms with E-state index in [0.717, 1.165) is 12.1 Å². The van der Waals surface area contributed by atoms with Crippen molar-refractivity contribution < 1.29 is 18.3 Å². The van der Waals surface area contributed by atoms with Gasteiger partial charge in [-0.3, -0.25) is 4.90 Å². The molecule has 1 heterocycles. The van der Waals surface area contributed by atoms with E-state index >= 15 is 0 Å². The molecule has 1 saturated heterocycles. The predicted octanol–water partition coefficient (Wildman–Crippen LogP) is 2.45. The van der Waals surface area contributed by atoms with Crippen LogP contribution in [0.3, 0.4) is 0 Å². The first-order valence-corrected chi connectivity index (χ1v) is 9.46. The van der Waals surface area contributed by atoms with Gasteiger partial charge in [-0.25, -0.2) is 13.2 Å². The van der Waals surface area contributed by atoms with Gasteiger partial charge in [0.1, 0.15) is 0 Å². The molecule has 1 fully saturated rings. The zero-order valence-electron chi connectivity index (χ0n) is 14.0. The smallest absolute Gasteiger partial charge is 0.408 e. The van der Waals surface area contributed by atoms with Gasteiger partial charge >= 0.3 is 6.09 Å². The van der Waals surface area contributed by atoms with Crippen LogP contribution in [0, 0.1) is 0 Å². The molecule has 0 unspecified atom stereocenters. The number of benzene rings is 1. The summed E-state index contributed by atoms with van der Waals surface area (Å²) in [5, 5.41) is 9.50. The highest BCUT2D eigenvalue weighted by Crippen LogP contribution is 2.28. The Bertz CT molecular complexity index is 694. The van der Waals surface area contributed by atoms with E-state index in [1.165, 1.54) is 11.2 Å². The Morgan fingerprint density at radius 2 is 2.00 bits per heavy atom. The van der Waals surface area contributed by atoms with E-state index in [9.17, 15) is 18.3 Å². The molecule has 1 aromatic rings. The Labute approximate surface area is 137 Å². The fourth-order valence-electron chi connectivity index (χ4n) is 3.09. The second-order valence-corrected chi connectivity index (χ2v) is 9.00. The number of hydrogen-bond acceptors (Lipinski definition) is 4. The fraction of sp³-hybridized carbons (Fsp3) is 0.562. The molecule has 0 spiro atoms. The predicted molar refractivity (Wildman–Crippen MR) is 89.8 cm³/mol. The minimum absolute atomic E-state index is 0.102. The molecule has 23 heavy (non-hydrogen) atoms. The summed E-state index contributed by atoms with van der Waals surface area (Å²) in [5.74, 6) is 0. The summed E-state index contributed by atoms with van der Waals surface area (Å²) < 4.78 is 23.4. The van der Waals surface area contributed by atoms with Gasteiger partial charge in [-0.15, -0.1) is 0 Å². The molecule has 2 rings (SSSR count). The van der Waals surface area contributed by atoms with E-state index in [1.54, 1.807) is 18.2 Å². The number of sulfone groups is 1. The van der Waals surface area contributed by atoms with Gasteiger partial charge < -0.3 is 10.0 Å². The Balaban J connectivity index is 2.22. The van der Waals surface area contributed by atoms with Crippen LogP contribution < -0.4 is 4.90 Å². The fourth-order valence-corrected chi connectivity index (χ4v) is 3.75. The topological polar surface area (TPSA) is 77.9 Å². The highest BCUT2D eigenvalue weighted by atomic mass is 32.2. The van der Waals surface area contributed by atoms with E-state index in [2.05, 4.69) is 0 Å². The Morgan fingerprint density at radius 3 is 2.52 bits per heavy atom. The van der Waals surface area contributed by atoms with Crippen molar-refractivity contribution in [1.82, 2.24) is 4.90 Å². The quantitative estimate of drug-likeness (QED) is 0.914. The first-order chi connectivity index (χ1) is 10.5.